The van der Waals surface area contributed by atoms with E-state index in [9.17, 15) is 0 Å². The van der Waals surface area contributed by atoms with Crippen LogP contribution in [0.2, 0.25) is 0 Å². The minimum Gasteiger partial charge on any atom is -0.330 e. The van der Waals surface area contributed by atoms with Gasteiger partial charge in [-0.05, 0) is 19.4 Å². The van der Waals surface area contributed by atoms with Crippen LogP contribution in [-0.2, 0) is 6.54 Å². The molecule has 98 valence electrons. The van der Waals surface area contributed by atoms with Gasteiger partial charge >= 0.3 is 0 Å². The van der Waals surface area contributed by atoms with E-state index in [4.69, 9.17) is 0 Å². The highest BCUT2D eigenvalue weighted by atomic mass is 15.1. The number of imidazole rings is 1. The maximum absolute atomic E-state index is 4.31. The van der Waals surface area contributed by atoms with E-state index in [1.165, 1.54) is 37.8 Å². The summed E-state index contributed by atoms with van der Waals surface area (Å²) >= 11 is 0. The van der Waals surface area contributed by atoms with Crippen molar-refractivity contribution in [3.05, 3.63) is 18.2 Å². The Morgan fingerprint density at radius 1 is 1.24 bits per heavy atom. The molecule has 17 heavy (non-hydrogen) atoms. The van der Waals surface area contributed by atoms with Crippen LogP contribution in [0.1, 0.15) is 64.6 Å². The molecule has 1 aromatic heterocycles. The molecule has 0 amide bonds. The van der Waals surface area contributed by atoms with Gasteiger partial charge in [0, 0.05) is 18.8 Å². The molecule has 0 radical (unpaired) electrons. The first kappa shape index (κ1) is 14.2. The third kappa shape index (κ3) is 4.50. The zero-order chi connectivity index (χ0) is 12.5. The van der Waals surface area contributed by atoms with Crippen molar-refractivity contribution in [2.24, 2.45) is 0 Å². The third-order valence-electron chi connectivity index (χ3n) is 3.21. The van der Waals surface area contributed by atoms with Gasteiger partial charge in [-0.3, -0.25) is 0 Å². The summed E-state index contributed by atoms with van der Waals surface area (Å²) in [5.74, 6) is 0. The van der Waals surface area contributed by atoms with Gasteiger partial charge in [0.1, 0.15) is 0 Å². The molecule has 1 aromatic rings. The summed E-state index contributed by atoms with van der Waals surface area (Å²) in [7, 11) is 0. The highest BCUT2D eigenvalue weighted by Crippen LogP contribution is 2.22. The van der Waals surface area contributed by atoms with Crippen LogP contribution in [0.5, 0.6) is 0 Å². The standard InChI is InChI=1S/C14H27N3/c1-4-7-9-13(8-5-2)17-12-16-11-14(17)10-15-6-3/h11-13,15H,4-10H2,1-3H3. The molecule has 3 heteroatoms. The molecule has 1 rings (SSSR count). The topological polar surface area (TPSA) is 29.9 Å². The second kappa shape index (κ2) is 8.29. The predicted octanol–water partition coefficient (Wildman–Crippen LogP) is 3.52. The van der Waals surface area contributed by atoms with Crippen LogP contribution in [0.15, 0.2) is 12.5 Å². The molecule has 1 atom stereocenters. The summed E-state index contributed by atoms with van der Waals surface area (Å²) in [6.07, 6.45) is 10.4. The van der Waals surface area contributed by atoms with Gasteiger partial charge in [-0.1, -0.05) is 40.0 Å². The third-order valence-corrected chi connectivity index (χ3v) is 3.21. The first-order chi connectivity index (χ1) is 8.33. The normalized spacial score (nSPS) is 12.9. The van der Waals surface area contributed by atoms with Crippen molar-refractivity contribution in [1.82, 2.24) is 14.9 Å². The maximum Gasteiger partial charge on any atom is 0.0951 e. The van der Waals surface area contributed by atoms with E-state index in [-0.39, 0.29) is 0 Å². The molecule has 0 aliphatic carbocycles. The Balaban J connectivity index is 2.67. The van der Waals surface area contributed by atoms with Crippen LogP contribution >= 0.6 is 0 Å². The number of hydrogen-bond donors (Lipinski definition) is 1. The zero-order valence-electron chi connectivity index (χ0n) is 11.6. The molecule has 0 aromatic carbocycles. The molecular formula is C14H27N3. The van der Waals surface area contributed by atoms with Gasteiger partial charge in [-0.25, -0.2) is 4.98 Å². The van der Waals surface area contributed by atoms with E-state index in [2.05, 4.69) is 35.6 Å². The first-order valence-electron chi connectivity index (χ1n) is 7.04. The van der Waals surface area contributed by atoms with Crippen LogP contribution in [0, 0.1) is 0 Å². The fraction of sp³-hybridized carbons (Fsp3) is 0.786. The fourth-order valence-electron chi connectivity index (χ4n) is 2.25. The Labute approximate surface area is 106 Å². The van der Waals surface area contributed by atoms with E-state index in [0.717, 1.165) is 13.1 Å². The molecule has 0 aliphatic rings. The van der Waals surface area contributed by atoms with E-state index >= 15 is 0 Å². The van der Waals surface area contributed by atoms with Crippen molar-refractivity contribution in [1.29, 1.82) is 0 Å². The van der Waals surface area contributed by atoms with Crippen molar-refractivity contribution in [2.75, 3.05) is 6.54 Å². The lowest BCUT2D eigenvalue weighted by molar-refractivity contribution is 0.404. The number of hydrogen-bond acceptors (Lipinski definition) is 2. The Bertz CT molecular complexity index is 293. The van der Waals surface area contributed by atoms with Gasteiger partial charge in [-0.15, -0.1) is 0 Å². The molecule has 3 nitrogen and oxygen atoms in total. The molecule has 0 aliphatic heterocycles. The summed E-state index contributed by atoms with van der Waals surface area (Å²) in [6, 6.07) is 0.635. The lowest BCUT2D eigenvalue weighted by Crippen LogP contribution is -2.18. The molecule has 1 unspecified atom stereocenters. The number of rotatable bonds is 9. The van der Waals surface area contributed by atoms with Crippen molar-refractivity contribution < 1.29 is 0 Å². The van der Waals surface area contributed by atoms with Gasteiger partial charge in [0.25, 0.3) is 0 Å². The predicted molar refractivity (Wildman–Crippen MR) is 73.1 cm³/mol. The van der Waals surface area contributed by atoms with Crippen LogP contribution in [0.4, 0.5) is 0 Å². The van der Waals surface area contributed by atoms with Gasteiger partial charge in [0.05, 0.1) is 12.0 Å². The SMILES string of the molecule is CCCCC(CCC)n1cncc1CNCC. The fourth-order valence-corrected chi connectivity index (χ4v) is 2.25. The van der Waals surface area contributed by atoms with Gasteiger partial charge in [0.2, 0.25) is 0 Å². The molecular weight excluding hydrogens is 210 g/mol. The Kier molecular flexibility index (Phi) is 6.94. The smallest absolute Gasteiger partial charge is 0.0951 e. The summed E-state index contributed by atoms with van der Waals surface area (Å²) < 4.78 is 2.38. The summed E-state index contributed by atoms with van der Waals surface area (Å²) in [5, 5.41) is 3.38. The van der Waals surface area contributed by atoms with Crippen molar-refractivity contribution >= 4 is 0 Å². The Hall–Kier alpha value is -0.830. The second-order valence-electron chi connectivity index (χ2n) is 4.66. The molecule has 0 fully saturated rings. The van der Waals surface area contributed by atoms with Crippen molar-refractivity contribution in [2.45, 2.75) is 65.5 Å². The van der Waals surface area contributed by atoms with Crippen LogP contribution in [0.3, 0.4) is 0 Å². The molecule has 0 saturated heterocycles. The van der Waals surface area contributed by atoms with Gasteiger partial charge in [-0.2, -0.15) is 0 Å². The molecule has 0 bridgehead atoms. The van der Waals surface area contributed by atoms with Crippen LogP contribution < -0.4 is 5.32 Å². The number of unbranched alkanes of at least 4 members (excludes halogenated alkanes) is 1. The van der Waals surface area contributed by atoms with Crippen LogP contribution in [-0.4, -0.2) is 16.1 Å². The molecule has 1 N–H and O–H groups in total. The summed E-state index contributed by atoms with van der Waals surface area (Å²) in [4.78, 5) is 4.31. The highest BCUT2D eigenvalue weighted by Gasteiger charge is 2.12. The lowest BCUT2D eigenvalue weighted by Gasteiger charge is -2.20. The Morgan fingerprint density at radius 2 is 2.06 bits per heavy atom. The monoisotopic (exact) mass is 237 g/mol. The molecule has 1 heterocycles. The Morgan fingerprint density at radius 3 is 2.71 bits per heavy atom. The number of nitrogens with zero attached hydrogens (tertiary/aromatic N) is 2. The summed E-state index contributed by atoms with van der Waals surface area (Å²) in [5.41, 5.74) is 1.32. The average molecular weight is 237 g/mol. The van der Waals surface area contributed by atoms with E-state index < -0.39 is 0 Å². The zero-order valence-corrected chi connectivity index (χ0v) is 11.6. The van der Waals surface area contributed by atoms with E-state index in [0.29, 0.717) is 6.04 Å². The number of nitrogens with one attached hydrogen (secondary N) is 1. The molecule has 0 saturated carbocycles. The lowest BCUT2D eigenvalue weighted by atomic mass is 10.0. The highest BCUT2D eigenvalue weighted by molar-refractivity contribution is 5.00. The average Bonchev–Trinajstić information content (AvgIpc) is 2.80. The molecule has 0 spiro atoms. The van der Waals surface area contributed by atoms with E-state index in [1.807, 2.05) is 12.5 Å². The second-order valence-corrected chi connectivity index (χ2v) is 4.66. The maximum atomic E-state index is 4.31. The van der Waals surface area contributed by atoms with Crippen molar-refractivity contribution in [3.8, 4) is 0 Å². The van der Waals surface area contributed by atoms with Gasteiger partial charge < -0.3 is 9.88 Å². The van der Waals surface area contributed by atoms with Crippen LogP contribution in [0.25, 0.3) is 0 Å². The van der Waals surface area contributed by atoms with Gasteiger partial charge in [0.15, 0.2) is 0 Å². The first-order valence-corrected chi connectivity index (χ1v) is 7.04. The summed E-state index contributed by atoms with van der Waals surface area (Å²) in [6.45, 7) is 8.61. The minimum atomic E-state index is 0.635. The largest absolute Gasteiger partial charge is 0.330 e. The minimum absolute atomic E-state index is 0.635. The quantitative estimate of drug-likeness (QED) is 0.712. The van der Waals surface area contributed by atoms with Crippen molar-refractivity contribution in [3.63, 3.8) is 0 Å². The van der Waals surface area contributed by atoms with E-state index in [1.54, 1.807) is 0 Å². The number of aromatic nitrogens is 2.